The number of hydrogen-bond donors (Lipinski definition) is 6. The predicted octanol–water partition coefficient (Wildman–Crippen LogP) is -3.36. The summed E-state index contributed by atoms with van der Waals surface area (Å²) in [6, 6.07) is 0. The Kier molecular flexibility index (Phi) is 6.09. The number of carbonyl (C=O) groups is 2. The first-order valence-corrected chi connectivity index (χ1v) is 5.01. The topological polar surface area (TPSA) is 147 Å². The summed E-state index contributed by atoms with van der Waals surface area (Å²) in [7, 11) is 0. The van der Waals surface area contributed by atoms with Gasteiger partial charge in [-0.05, 0) is 6.92 Å². The van der Waals surface area contributed by atoms with E-state index in [0.29, 0.717) is 0 Å². The van der Waals surface area contributed by atoms with E-state index in [1.54, 1.807) is 5.32 Å². The van der Waals surface area contributed by atoms with E-state index in [1.807, 2.05) is 0 Å². The second-order valence-electron chi connectivity index (χ2n) is 3.86. The molecule has 0 aliphatic heterocycles. The molecule has 0 aromatic rings. The van der Waals surface area contributed by atoms with Crippen molar-refractivity contribution in [3.05, 3.63) is 12.2 Å². The van der Waals surface area contributed by atoms with Gasteiger partial charge in [0.2, 0.25) is 11.6 Å². The first kappa shape index (κ1) is 16.7. The van der Waals surface area contributed by atoms with Crippen LogP contribution >= 0.6 is 0 Å². The second-order valence-corrected chi connectivity index (χ2v) is 3.86. The first-order chi connectivity index (χ1) is 8.19. The lowest BCUT2D eigenvalue weighted by Gasteiger charge is -2.32. The molecule has 0 unspecified atom stereocenters. The zero-order valence-corrected chi connectivity index (χ0v) is 9.78. The number of aliphatic hydroxyl groups is 5. The molecule has 0 aliphatic carbocycles. The zero-order valence-electron chi connectivity index (χ0n) is 9.78. The lowest BCUT2D eigenvalue weighted by Crippen LogP contribution is -2.63. The molecule has 0 rings (SSSR count). The van der Waals surface area contributed by atoms with Gasteiger partial charge >= 0.3 is 0 Å². The van der Waals surface area contributed by atoms with Crippen LogP contribution in [0.1, 0.15) is 6.92 Å². The van der Waals surface area contributed by atoms with Crippen LogP contribution in [0.15, 0.2) is 12.2 Å². The number of aliphatic hydroxyl groups excluding tert-OH is 4. The summed E-state index contributed by atoms with van der Waals surface area (Å²) in [5, 5.41) is 48.0. The van der Waals surface area contributed by atoms with Gasteiger partial charge in [0.15, 0.2) is 6.29 Å². The smallest absolute Gasteiger partial charge is 0.248 e. The fourth-order valence-corrected chi connectivity index (χ4v) is 1.04. The molecule has 0 saturated carbocycles. The van der Waals surface area contributed by atoms with Gasteiger partial charge in [-0.1, -0.05) is 6.58 Å². The van der Waals surface area contributed by atoms with E-state index in [2.05, 4.69) is 6.58 Å². The van der Waals surface area contributed by atoms with Crippen LogP contribution in [0, 0.1) is 0 Å². The molecule has 1 amide bonds. The third-order valence-corrected chi connectivity index (χ3v) is 2.24. The molecular weight excluding hydrogens is 246 g/mol. The quantitative estimate of drug-likeness (QED) is 0.160. The predicted molar refractivity (Wildman–Crippen MR) is 59.1 cm³/mol. The molecular formula is C10H17NO7. The largest absolute Gasteiger partial charge is 0.394 e. The van der Waals surface area contributed by atoms with Crippen molar-refractivity contribution >= 4 is 12.2 Å². The van der Waals surface area contributed by atoms with E-state index in [4.69, 9.17) is 10.2 Å². The average molecular weight is 263 g/mol. The van der Waals surface area contributed by atoms with Crippen LogP contribution in [-0.4, -0.2) is 68.4 Å². The minimum absolute atomic E-state index is 0.0420. The third-order valence-electron chi connectivity index (χ3n) is 2.24. The minimum atomic E-state index is -2.80. The Balaban J connectivity index is 4.98. The molecule has 4 atom stereocenters. The first-order valence-electron chi connectivity index (χ1n) is 5.01. The van der Waals surface area contributed by atoms with Crippen LogP contribution in [-0.2, 0) is 9.59 Å². The summed E-state index contributed by atoms with van der Waals surface area (Å²) in [5.74, 6) is -0.922. The molecule has 18 heavy (non-hydrogen) atoms. The highest BCUT2D eigenvalue weighted by Gasteiger charge is 2.43. The van der Waals surface area contributed by atoms with Crippen LogP contribution in [0.5, 0.6) is 0 Å². The Bertz CT molecular complexity index is 332. The normalized spacial score (nSPS) is 19.2. The van der Waals surface area contributed by atoms with E-state index < -0.39 is 36.6 Å². The van der Waals surface area contributed by atoms with E-state index in [1.165, 1.54) is 6.92 Å². The molecule has 104 valence electrons. The van der Waals surface area contributed by atoms with Gasteiger partial charge in [0.1, 0.15) is 18.3 Å². The van der Waals surface area contributed by atoms with Gasteiger partial charge < -0.3 is 30.8 Å². The van der Waals surface area contributed by atoms with Crippen molar-refractivity contribution in [1.82, 2.24) is 5.32 Å². The summed E-state index contributed by atoms with van der Waals surface area (Å²) in [6.45, 7) is 3.65. The Labute approximate surface area is 103 Å². The summed E-state index contributed by atoms with van der Waals surface area (Å²) in [6.07, 6.45) is -6.24. The number of amides is 1. The maximum absolute atomic E-state index is 11.2. The molecule has 0 fully saturated rings. The van der Waals surface area contributed by atoms with Gasteiger partial charge in [0.25, 0.3) is 0 Å². The fraction of sp³-hybridized carbons (Fsp3) is 0.600. The van der Waals surface area contributed by atoms with Crippen LogP contribution in [0.2, 0.25) is 0 Å². The van der Waals surface area contributed by atoms with Crippen LogP contribution in [0.3, 0.4) is 0 Å². The average Bonchev–Trinajstić information content (AvgIpc) is 2.35. The van der Waals surface area contributed by atoms with Crippen LogP contribution < -0.4 is 5.32 Å². The van der Waals surface area contributed by atoms with Crippen molar-refractivity contribution in [3.63, 3.8) is 0 Å². The number of rotatable bonds is 7. The van der Waals surface area contributed by atoms with Crippen molar-refractivity contribution in [3.8, 4) is 0 Å². The SMILES string of the molecule is C=C(C)C(=O)N[C@](O)(C=O)[C@@H](O)[C@H](O)[C@H](O)CO. The Morgan fingerprint density at radius 2 is 1.94 bits per heavy atom. The maximum atomic E-state index is 11.2. The number of carbonyl (C=O) groups excluding carboxylic acids is 2. The molecule has 0 heterocycles. The lowest BCUT2D eigenvalue weighted by atomic mass is 9.98. The Hall–Kier alpha value is -1.32. The molecule has 8 nitrogen and oxygen atoms in total. The second kappa shape index (κ2) is 6.57. The van der Waals surface area contributed by atoms with Crippen molar-refractivity contribution < 1.29 is 35.1 Å². The molecule has 0 spiro atoms. The number of hydrogen-bond acceptors (Lipinski definition) is 7. The highest BCUT2D eigenvalue weighted by molar-refractivity contribution is 5.94. The van der Waals surface area contributed by atoms with E-state index in [9.17, 15) is 24.9 Å². The lowest BCUT2D eigenvalue weighted by molar-refractivity contribution is -0.175. The van der Waals surface area contributed by atoms with Crippen molar-refractivity contribution in [2.45, 2.75) is 31.0 Å². The highest BCUT2D eigenvalue weighted by atomic mass is 16.4. The summed E-state index contributed by atoms with van der Waals surface area (Å²) in [4.78, 5) is 22.0. The van der Waals surface area contributed by atoms with Gasteiger partial charge in [-0.2, -0.15) is 0 Å². The molecule has 0 radical (unpaired) electrons. The zero-order chi connectivity index (χ0) is 14.5. The number of aldehydes is 1. The van der Waals surface area contributed by atoms with Gasteiger partial charge in [0.05, 0.1) is 6.61 Å². The molecule has 0 saturated heterocycles. The van der Waals surface area contributed by atoms with Crippen molar-refractivity contribution in [1.29, 1.82) is 0 Å². The monoisotopic (exact) mass is 263 g/mol. The molecule has 0 aromatic heterocycles. The molecule has 8 heteroatoms. The molecule has 0 bridgehead atoms. The van der Waals surface area contributed by atoms with Gasteiger partial charge in [-0.25, -0.2) is 0 Å². The minimum Gasteiger partial charge on any atom is -0.394 e. The van der Waals surface area contributed by atoms with Crippen molar-refractivity contribution in [2.24, 2.45) is 0 Å². The fourth-order valence-electron chi connectivity index (χ4n) is 1.04. The summed E-state index contributed by atoms with van der Waals surface area (Å²) < 4.78 is 0. The van der Waals surface area contributed by atoms with Gasteiger partial charge in [-0.3, -0.25) is 9.59 Å². The Morgan fingerprint density at radius 3 is 2.28 bits per heavy atom. The van der Waals surface area contributed by atoms with Gasteiger partial charge in [0, 0.05) is 5.57 Å². The van der Waals surface area contributed by atoms with E-state index in [0.717, 1.165) is 0 Å². The van der Waals surface area contributed by atoms with E-state index >= 15 is 0 Å². The van der Waals surface area contributed by atoms with Gasteiger partial charge in [-0.15, -0.1) is 0 Å². The van der Waals surface area contributed by atoms with Crippen molar-refractivity contribution in [2.75, 3.05) is 6.61 Å². The highest BCUT2D eigenvalue weighted by Crippen LogP contribution is 2.12. The summed E-state index contributed by atoms with van der Waals surface area (Å²) >= 11 is 0. The molecule has 0 aliphatic rings. The van der Waals surface area contributed by atoms with Crippen LogP contribution in [0.4, 0.5) is 0 Å². The van der Waals surface area contributed by atoms with E-state index in [-0.39, 0.29) is 11.9 Å². The standard InChI is InChI=1S/C10H17NO7/c1-5(2)9(17)11-10(18,4-13)8(16)7(15)6(14)3-12/h4,6-8,12,14-16,18H,1,3H2,2H3,(H,11,17)/t6-,7-,8+,10+/m1/s1. The molecule has 0 aromatic carbocycles. The third kappa shape index (κ3) is 3.86. The Morgan fingerprint density at radius 1 is 1.44 bits per heavy atom. The summed E-state index contributed by atoms with van der Waals surface area (Å²) in [5.41, 5.74) is -2.84. The number of nitrogens with one attached hydrogen (secondary N) is 1. The maximum Gasteiger partial charge on any atom is 0.248 e. The molecule has 6 N–H and O–H groups in total. The van der Waals surface area contributed by atoms with Crippen LogP contribution in [0.25, 0.3) is 0 Å².